The van der Waals surface area contributed by atoms with E-state index in [0.29, 0.717) is 6.10 Å². The fraction of sp³-hybridized carbons (Fsp3) is 0.720. The number of likely N-dealkylation sites (tertiary alicyclic amines) is 1. The third-order valence-corrected chi connectivity index (χ3v) is 8.13. The molecular formula is C25H36N4O2. The standard InChI is InChI=1S/C25H36N4O2/c1-3-19(4-1)28-11-9-21(10-12-28)30-22-7-8-23-24(17-22)31-25(26-23)18-27-13-15-29(16-14-27)20-5-2-6-20/h7-8,17,19-21H,1-6,9-16,18H2. The van der Waals surface area contributed by atoms with Crippen LogP contribution in [-0.4, -0.2) is 77.1 Å². The van der Waals surface area contributed by atoms with Crippen LogP contribution in [0.2, 0.25) is 0 Å². The lowest BCUT2D eigenvalue weighted by Crippen LogP contribution is -2.51. The Morgan fingerprint density at radius 3 is 2.16 bits per heavy atom. The van der Waals surface area contributed by atoms with E-state index in [1.54, 1.807) is 0 Å². The van der Waals surface area contributed by atoms with Gasteiger partial charge in [0.25, 0.3) is 0 Å². The highest BCUT2D eigenvalue weighted by molar-refractivity contribution is 5.74. The number of nitrogens with zero attached hydrogens (tertiary/aromatic N) is 4. The van der Waals surface area contributed by atoms with Crippen LogP contribution in [0.4, 0.5) is 0 Å². The van der Waals surface area contributed by atoms with Gasteiger partial charge in [0, 0.05) is 57.4 Å². The topological polar surface area (TPSA) is 45.0 Å². The van der Waals surface area contributed by atoms with Crippen molar-refractivity contribution in [3.63, 3.8) is 0 Å². The first-order chi connectivity index (χ1) is 15.3. The van der Waals surface area contributed by atoms with Crippen molar-refractivity contribution in [3.8, 4) is 5.75 Å². The summed E-state index contributed by atoms with van der Waals surface area (Å²) in [5.41, 5.74) is 1.79. The van der Waals surface area contributed by atoms with Crippen LogP contribution < -0.4 is 4.74 Å². The molecule has 2 saturated heterocycles. The van der Waals surface area contributed by atoms with Gasteiger partial charge in [0.15, 0.2) is 5.58 Å². The van der Waals surface area contributed by atoms with Gasteiger partial charge in [-0.25, -0.2) is 4.98 Å². The molecule has 31 heavy (non-hydrogen) atoms. The maximum Gasteiger partial charge on any atom is 0.209 e. The first kappa shape index (κ1) is 20.0. The number of piperidine rings is 1. The summed E-state index contributed by atoms with van der Waals surface area (Å²) in [7, 11) is 0. The largest absolute Gasteiger partial charge is 0.490 e. The van der Waals surface area contributed by atoms with Crippen molar-refractivity contribution in [2.75, 3.05) is 39.3 Å². The summed E-state index contributed by atoms with van der Waals surface area (Å²) < 4.78 is 12.4. The van der Waals surface area contributed by atoms with Crippen molar-refractivity contribution in [3.05, 3.63) is 24.1 Å². The summed E-state index contributed by atoms with van der Waals surface area (Å²) >= 11 is 0. The number of ether oxygens (including phenoxy) is 1. The summed E-state index contributed by atoms with van der Waals surface area (Å²) in [6.45, 7) is 7.76. The molecule has 1 aromatic heterocycles. The number of hydrogen-bond donors (Lipinski definition) is 0. The molecule has 168 valence electrons. The van der Waals surface area contributed by atoms with Crippen molar-refractivity contribution in [2.45, 2.75) is 76.1 Å². The number of aromatic nitrogens is 1. The molecule has 2 saturated carbocycles. The average Bonchev–Trinajstić information content (AvgIpc) is 3.10. The molecule has 3 heterocycles. The number of piperazine rings is 1. The van der Waals surface area contributed by atoms with E-state index in [1.807, 2.05) is 6.07 Å². The zero-order chi connectivity index (χ0) is 20.6. The molecule has 2 aliphatic heterocycles. The van der Waals surface area contributed by atoms with E-state index in [4.69, 9.17) is 14.1 Å². The molecule has 1 aromatic carbocycles. The minimum absolute atomic E-state index is 0.322. The van der Waals surface area contributed by atoms with Crippen LogP contribution in [0.1, 0.15) is 57.3 Å². The quantitative estimate of drug-likeness (QED) is 0.701. The zero-order valence-corrected chi connectivity index (χ0v) is 18.7. The van der Waals surface area contributed by atoms with E-state index >= 15 is 0 Å². The SMILES string of the molecule is c1cc2nc(CN3CCN(C4CCC4)CC3)oc2cc1OC1CCN(C2CCC2)CC1. The molecule has 6 rings (SSSR count). The Labute approximate surface area is 185 Å². The molecule has 2 aromatic rings. The van der Waals surface area contributed by atoms with Gasteiger partial charge in [-0.05, 0) is 50.7 Å². The van der Waals surface area contributed by atoms with E-state index in [2.05, 4.69) is 26.8 Å². The van der Waals surface area contributed by atoms with Gasteiger partial charge in [-0.15, -0.1) is 0 Å². The Balaban J connectivity index is 1.03. The first-order valence-electron chi connectivity index (χ1n) is 12.6. The zero-order valence-electron chi connectivity index (χ0n) is 18.7. The Bertz CT molecular complexity index is 841. The third-order valence-electron chi connectivity index (χ3n) is 8.13. The number of hydrogen-bond acceptors (Lipinski definition) is 6. The predicted molar refractivity (Wildman–Crippen MR) is 121 cm³/mol. The van der Waals surface area contributed by atoms with Crippen LogP contribution in [0.3, 0.4) is 0 Å². The molecular weight excluding hydrogens is 388 g/mol. The second-order valence-corrected chi connectivity index (χ2v) is 10.1. The van der Waals surface area contributed by atoms with Gasteiger partial charge < -0.3 is 14.1 Å². The van der Waals surface area contributed by atoms with E-state index in [1.165, 1.54) is 64.7 Å². The lowest BCUT2D eigenvalue weighted by atomic mass is 9.90. The predicted octanol–water partition coefficient (Wildman–Crippen LogP) is 3.89. The highest BCUT2D eigenvalue weighted by Gasteiger charge is 2.30. The van der Waals surface area contributed by atoms with Crippen molar-refractivity contribution >= 4 is 11.1 Å². The molecule has 6 heteroatoms. The molecule has 0 radical (unpaired) electrons. The molecule has 6 nitrogen and oxygen atoms in total. The van der Waals surface area contributed by atoms with Gasteiger partial charge in [0.2, 0.25) is 5.89 Å². The number of benzene rings is 1. The van der Waals surface area contributed by atoms with E-state index < -0.39 is 0 Å². The maximum absolute atomic E-state index is 6.32. The van der Waals surface area contributed by atoms with Crippen LogP contribution in [0, 0.1) is 0 Å². The molecule has 0 unspecified atom stereocenters. The van der Waals surface area contributed by atoms with Gasteiger partial charge >= 0.3 is 0 Å². The average molecular weight is 425 g/mol. The fourth-order valence-electron chi connectivity index (χ4n) is 5.63. The Kier molecular flexibility index (Phi) is 5.63. The molecule has 0 atom stereocenters. The number of fused-ring (bicyclic) bond motifs is 1. The van der Waals surface area contributed by atoms with E-state index in [9.17, 15) is 0 Å². The van der Waals surface area contributed by atoms with E-state index in [0.717, 1.165) is 67.3 Å². The van der Waals surface area contributed by atoms with Gasteiger partial charge in [-0.2, -0.15) is 0 Å². The van der Waals surface area contributed by atoms with Gasteiger partial charge in [-0.1, -0.05) is 12.8 Å². The summed E-state index contributed by atoms with van der Waals surface area (Å²) in [4.78, 5) is 12.6. The second kappa shape index (κ2) is 8.72. The summed E-state index contributed by atoms with van der Waals surface area (Å²) in [5.74, 6) is 1.75. The number of rotatable bonds is 6. The molecule has 0 amide bonds. The minimum atomic E-state index is 0.322. The smallest absolute Gasteiger partial charge is 0.209 e. The number of oxazole rings is 1. The van der Waals surface area contributed by atoms with E-state index in [-0.39, 0.29) is 0 Å². The Hall–Kier alpha value is -1.63. The molecule has 4 aliphatic rings. The lowest BCUT2D eigenvalue weighted by molar-refractivity contribution is 0.0493. The van der Waals surface area contributed by atoms with Crippen LogP contribution in [0.25, 0.3) is 11.1 Å². The van der Waals surface area contributed by atoms with Crippen molar-refractivity contribution in [2.24, 2.45) is 0 Å². The highest BCUT2D eigenvalue weighted by atomic mass is 16.5. The second-order valence-electron chi connectivity index (χ2n) is 10.1. The maximum atomic E-state index is 6.32. The van der Waals surface area contributed by atoms with Crippen LogP contribution in [-0.2, 0) is 6.54 Å². The third kappa shape index (κ3) is 4.35. The van der Waals surface area contributed by atoms with Crippen LogP contribution in [0.5, 0.6) is 5.75 Å². The van der Waals surface area contributed by atoms with Crippen LogP contribution >= 0.6 is 0 Å². The van der Waals surface area contributed by atoms with Crippen LogP contribution in [0.15, 0.2) is 22.6 Å². The lowest BCUT2D eigenvalue weighted by Gasteiger charge is -2.42. The van der Waals surface area contributed by atoms with Crippen molar-refractivity contribution in [1.29, 1.82) is 0 Å². The normalized spacial score (nSPS) is 25.5. The molecule has 0 bridgehead atoms. The Morgan fingerprint density at radius 2 is 1.52 bits per heavy atom. The van der Waals surface area contributed by atoms with Crippen molar-refractivity contribution in [1.82, 2.24) is 19.7 Å². The van der Waals surface area contributed by atoms with Gasteiger partial charge in [0.05, 0.1) is 6.54 Å². The fourth-order valence-corrected chi connectivity index (χ4v) is 5.63. The molecule has 0 N–H and O–H groups in total. The van der Waals surface area contributed by atoms with Gasteiger partial charge in [0.1, 0.15) is 17.4 Å². The molecule has 2 aliphatic carbocycles. The van der Waals surface area contributed by atoms with Gasteiger partial charge in [-0.3, -0.25) is 9.80 Å². The molecule has 0 spiro atoms. The molecule has 4 fully saturated rings. The highest BCUT2D eigenvalue weighted by Crippen LogP contribution is 2.30. The summed E-state index contributed by atoms with van der Waals surface area (Å²) in [6, 6.07) is 7.86. The summed E-state index contributed by atoms with van der Waals surface area (Å²) in [5, 5.41) is 0. The van der Waals surface area contributed by atoms with Crippen molar-refractivity contribution < 1.29 is 9.15 Å². The Morgan fingerprint density at radius 1 is 0.839 bits per heavy atom. The summed E-state index contributed by atoms with van der Waals surface area (Å²) in [6.07, 6.45) is 11.0. The monoisotopic (exact) mass is 424 g/mol. The first-order valence-corrected chi connectivity index (χ1v) is 12.6. The minimum Gasteiger partial charge on any atom is -0.490 e.